The number of nitrogens with zero attached hydrogens (tertiary/aromatic N) is 2. The van der Waals surface area contributed by atoms with Crippen molar-refractivity contribution in [1.82, 2.24) is 14.6 Å². The van der Waals surface area contributed by atoms with Crippen LogP contribution in [0, 0.1) is 0 Å². The summed E-state index contributed by atoms with van der Waals surface area (Å²) in [7, 11) is -7.22. The highest BCUT2D eigenvalue weighted by atomic mass is 35.5. The minimum absolute atomic E-state index is 0. The first-order valence-corrected chi connectivity index (χ1v) is 11.5. The van der Waals surface area contributed by atoms with Crippen LogP contribution in [0.2, 0.25) is 0 Å². The van der Waals surface area contributed by atoms with Gasteiger partial charge in [-0.15, -0.1) is 12.4 Å². The Balaban J connectivity index is 0.00000210. The highest BCUT2D eigenvalue weighted by molar-refractivity contribution is 7.92. The molecule has 0 aliphatic carbocycles. The van der Waals surface area contributed by atoms with Crippen LogP contribution in [0.4, 0.5) is 0 Å². The van der Waals surface area contributed by atoms with Crippen molar-refractivity contribution in [1.29, 1.82) is 0 Å². The fraction of sp³-hybridized carbons (Fsp3) is 0.353. The van der Waals surface area contributed by atoms with Crippen LogP contribution in [0.1, 0.15) is 17.2 Å². The highest BCUT2D eigenvalue weighted by Gasteiger charge is 2.36. The van der Waals surface area contributed by atoms with Gasteiger partial charge in [0.2, 0.25) is 10.0 Å². The number of halogens is 1. The number of piperazine rings is 1. The number of sulfonamides is 1. The minimum Gasteiger partial charge on any atom is -0.313 e. The predicted molar refractivity (Wildman–Crippen MR) is 103 cm³/mol. The Bertz CT molecular complexity index is 1040. The molecule has 2 aliphatic rings. The van der Waals surface area contributed by atoms with Crippen molar-refractivity contribution in [2.24, 2.45) is 0 Å². The van der Waals surface area contributed by atoms with E-state index in [0.29, 0.717) is 31.6 Å². The largest absolute Gasteiger partial charge is 0.313 e. The van der Waals surface area contributed by atoms with E-state index in [0.717, 1.165) is 5.56 Å². The van der Waals surface area contributed by atoms with Crippen molar-refractivity contribution in [2.45, 2.75) is 22.3 Å². The molecule has 1 unspecified atom stereocenters. The van der Waals surface area contributed by atoms with Crippen LogP contribution >= 0.6 is 12.4 Å². The zero-order valence-corrected chi connectivity index (χ0v) is 16.9. The van der Waals surface area contributed by atoms with E-state index >= 15 is 0 Å². The Morgan fingerprint density at radius 1 is 1.22 bits per heavy atom. The van der Waals surface area contributed by atoms with Crippen molar-refractivity contribution >= 4 is 32.3 Å². The number of fused-ring (bicyclic) bond motifs is 1. The first-order chi connectivity index (χ1) is 12.4. The van der Waals surface area contributed by atoms with Gasteiger partial charge < -0.3 is 5.32 Å². The topological polar surface area (TPSA) is 96.4 Å². The standard InChI is InChI=1S/C17H19N3O4S2.ClH/c21-25(22)9-5-13-3-4-15(10-17(13)25)26(23,24)20-8-7-19-12-16(20)14-2-1-6-18-11-14;/h1-4,6,10-11,16,19H,5,7-9,12H2;1H. The molecule has 0 saturated carbocycles. The number of nitrogens with one attached hydrogen (secondary N) is 1. The number of hydrogen-bond donors (Lipinski definition) is 1. The summed E-state index contributed by atoms with van der Waals surface area (Å²) < 4.78 is 52.3. The molecule has 4 rings (SSSR count). The summed E-state index contributed by atoms with van der Waals surface area (Å²) in [5.74, 6) is 0.0395. The van der Waals surface area contributed by atoms with E-state index in [1.54, 1.807) is 24.5 Å². The summed E-state index contributed by atoms with van der Waals surface area (Å²) in [5.41, 5.74) is 1.49. The van der Waals surface area contributed by atoms with Gasteiger partial charge in [-0.2, -0.15) is 4.31 Å². The van der Waals surface area contributed by atoms with E-state index in [9.17, 15) is 16.8 Å². The molecule has 2 aliphatic heterocycles. The summed E-state index contributed by atoms with van der Waals surface area (Å²) in [5, 5.41) is 3.21. The van der Waals surface area contributed by atoms with Gasteiger partial charge in [0.15, 0.2) is 9.84 Å². The number of benzene rings is 1. The fourth-order valence-electron chi connectivity index (χ4n) is 3.51. The van der Waals surface area contributed by atoms with Crippen molar-refractivity contribution < 1.29 is 16.8 Å². The summed E-state index contributed by atoms with van der Waals surface area (Å²) in [4.78, 5) is 4.26. The number of aromatic nitrogens is 1. The minimum atomic E-state index is -3.83. The molecule has 1 aromatic heterocycles. The van der Waals surface area contributed by atoms with Crippen LogP contribution in [0.5, 0.6) is 0 Å². The second-order valence-corrected chi connectivity index (χ2v) is 10.4. The van der Waals surface area contributed by atoms with Gasteiger partial charge in [-0.05, 0) is 35.7 Å². The molecule has 1 atom stereocenters. The van der Waals surface area contributed by atoms with Crippen molar-refractivity contribution in [3.8, 4) is 0 Å². The van der Waals surface area contributed by atoms with E-state index < -0.39 is 19.9 Å². The maximum Gasteiger partial charge on any atom is 0.243 e. The van der Waals surface area contributed by atoms with Gasteiger partial charge in [0.1, 0.15) is 0 Å². The number of aryl methyl sites for hydroxylation is 1. The molecule has 1 N–H and O–H groups in total. The van der Waals surface area contributed by atoms with Crippen LogP contribution < -0.4 is 5.32 Å². The molecule has 7 nitrogen and oxygen atoms in total. The molecule has 1 aromatic carbocycles. The zero-order chi connectivity index (χ0) is 18.4. The lowest BCUT2D eigenvalue weighted by Gasteiger charge is -2.35. The molecule has 2 aromatic rings. The van der Waals surface area contributed by atoms with Gasteiger partial charge in [-0.3, -0.25) is 4.98 Å². The molecule has 146 valence electrons. The molecular weight excluding hydrogens is 410 g/mol. The second kappa shape index (κ2) is 7.48. The Morgan fingerprint density at radius 2 is 2.04 bits per heavy atom. The molecule has 1 saturated heterocycles. The van der Waals surface area contributed by atoms with E-state index in [-0.39, 0.29) is 34.0 Å². The van der Waals surface area contributed by atoms with Gasteiger partial charge in [0.05, 0.1) is 21.6 Å². The van der Waals surface area contributed by atoms with Gasteiger partial charge in [0.25, 0.3) is 0 Å². The molecule has 0 radical (unpaired) electrons. The van der Waals surface area contributed by atoms with Crippen molar-refractivity contribution in [2.75, 3.05) is 25.4 Å². The summed E-state index contributed by atoms with van der Waals surface area (Å²) in [6.07, 6.45) is 3.74. The summed E-state index contributed by atoms with van der Waals surface area (Å²) >= 11 is 0. The van der Waals surface area contributed by atoms with Crippen molar-refractivity contribution in [3.05, 3.63) is 53.9 Å². The second-order valence-electron chi connectivity index (χ2n) is 6.46. The predicted octanol–water partition coefficient (Wildman–Crippen LogP) is 1.17. The van der Waals surface area contributed by atoms with Gasteiger partial charge in [-0.1, -0.05) is 12.1 Å². The van der Waals surface area contributed by atoms with Crippen LogP contribution in [0.3, 0.4) is 0 Å². The first kappa shape index (κ1) is 20.2. The maximum atomic E-state index is 13.3. The Morgan fingerprint density at radius 3 is 2.78 bits per heavy atom. The lowest BCUT2D eigenvalue weighted by atomic mass is 10.1. The highest BCUT2D eigenvalue weighted by Crippen LogP contribution is 2.32. The number of hydrogen-bond acceptors (Lipinski definition) is 6. The van der Waals surface area contributed by atoms with Crippen molar-refractivity contribution in [3.63, 3.8) is 0 Å². The number of rotatable bonds is 3. The normalized spacial score (nSPS) is 22.0. The molecule has 10 heteroatoms. The molecule has 0 spiro atoms. The summed E-state index contributed by atoms with van der Waals surface area (Å²) in [6.45, 7) is 1.33. The third-order valence-corrected chi connectivity index (χ3v) is 8.58. The average Bonchev–Trinajstić information content (AvgIpc) is 2.97. The lowest BCUT2D eigenvalue weighted by molar-refractivity contribution is 0.271. The molecular formula is C17H20ClN3O4S2. The zero-order valence-electron chi connectivity index (χ0n) is 14.4. The Kier molecular flexibility index (Phi) is 5.60. The van der Waals surface area contributed by atoms with Gasteiger partial charge in [0, 0.05) is 32.0 Å². The van der Waals surface area contributed by atoms with Crippen LogP contribution in [0.25, 0.3) is 0 Å². The molecule has 0 bridgehead atoms. The monoisotopic (exact) mass is 429 g/mol. The van der Waals surface area contributed by atoms with Gasteiger partial charge >= 0.3 is 0 Å². The quantitative estimate of drug-likeness (QED) is 0.786. The molecule has 0 amide bonds. The van der Waals surface area contributed by atoms with Crippen LogP contribution in [-0.2, 0) is 26.3 Å². The smallest absolute Gasteiger partial charge is 0.243 e. The van der Waals surface area contributed by atoms with E-state index in [1.165, 1.54) is 16.4 Å². The van der Waals surface area contributed by atoms with E-state index in [4.69, 9.17) is 0 Å². The number of pyridine rings is 1. The average molecular weight is 430 g/mol. The number of sulfone groups is 1. The third kappa shape index (κ3) is 3.62. The SMILES string of the molecule is Cl.O=S1(=O)CCc2ccc(S(=O)(=O)N3CCNCC3c3cccnc3)cc21. The Hall–Kier alpha value is -1.52. The lowest BCUT2D eigenvalue weighted by Crippen LogP contribution is -2.48. The Labute approximate surface area is 165 Å². The van der Waals surface area contributed by atoms with E-state index in [1.807, 2.05) is 6.07 Å². The molecule has 27 heavy (non-hydrogen) atoms. The van der Waals surface area contributed by atoms with Crippen LogP contribution in [0.15, 0.2) is 52.5 Å². The first-order valence-electron chi connectivity index (χ1n) is 8.38. The maximum absolute atomic E-state index is 13.3. The van der Waals surface area contributed by atoms with Crippen LogP contribution in [-0.4, -0.2) is 51.5 Å². The van der Waals surface area contributed by atoms with Gasteiger partial charge in [-0.25, -0.2) is 16.8 Å². The van der Waals surface area contributed by atoms with E-state index in [2.05, 4.69) is 10.3 Å². The fourth-order valence-corrected chi connectivity index (χ4v) is 6.81. The molecule has 1 fully saturated rings. The summed E-state index contributed by atoms with van der Waals surface area (Å²) in [6, 6.07) is 7.69. The third-order valence-electron chi connectivity index (χ3n) is 4.88. The molecule has 3 heterocycles.